The van der Waals surface area contributed by atoms with Crippen molar-refractivity contribution in [2.45, 2.75) is 13.3 Å². The maximum atomic E-state index is 12.8. The molecule has 1 aliphatic rings. The minimum atomic E-state index is -0.620. The number of hydrogen-bond donors (Lipinski definition) is 1. The molecule has 0 radical (unpaired) electrons. The molecule has 0 atom stereocenters. The fourth-order valence-corrected chi connectivity index (χ4v) is 2.98. The monoisotopic (exact) mass is 397 g/mol. The Hall–Kier alpha value is -3.76. The fourth-order valence-electron chi connectivity index (χ4n) is 2.98. The number of amides is 2. The topological polar surface area (TPSA) is 124 Å². The molecule has 1 saturated heterocycles. The second-order valence-electron chi connectivity index (χ2n) is 6.50. The Labute approximate surface area is 165 Å². The van der Waals surface area contributed by atoms with E-state index in [1.165, 1.54) is 15.4 Å². The molecule has 11 heteroatoms. The molecular formula is C18H19N7O4. The summed E-state index contributed by atoms with van der Waals surface area (Å²) in [5.74, 6) is -1.36. The van der Waals surface area contributed by atoms with Crippen molar-refractivity contribution in [1.82, 2.24) is 29.3 Å². The van der Waals surface area contributed by atoms with E-state index in [9.17, 15) is 14.4 Å². The van der Waals surface area contributed by atoms with Crippen molar-refractivity contribution in [1.29, 1.82) is 0 Å². The van der Waals surface area contributed by atoms with E-state index in [4.69, 9.17) is 4.74 Å². The highest BCUT2D eigenvalue weighted by atomic mass is 16.5. The fraction of sp³-hybridized carbons (Fsp3) is 0.333. The molecule has 0 aliphatic carbocycles. The molecule has 29 heavy (non-hydrogen) atoms. The van der Waals surface area contributed by atoms with Crippen LogP contribution in [-0.2, 0) is 11.8 Å². The Balaban J connectivity index is 1.57. The van der Waals surface area contributed by atoms with Crippen molar-refractivity contribution < 1.29 is 19.1 Å². The summed E-state index contributed by atoms with van der Waals surface area (Å²) in [6.45, 7) is 3.28. The Morgan fingerprint density at radius 3 is 2.76 bits per heavy atom. The molecule has 4 rings (SSSR count). The van der Waals surface area contributed by atoms with Gasteiger partial charge in [-0.05, 0) is 19.4 Å². The molecule has 1 fully saturated rings. The lowest BCUT2D eigenvalue weighted by molar-refractivity contribution is 0.0512. The maximum absolute atomic E-state index is 12.8. The van der Waals surface area contributed by atoms with E-state index in [0.717, 1.165) is 6.42 Å². The molecule has 4 heterocycles. The van der Waals surface area contributed by atoms with Gasteiger partial charge in [-0.3, -0.25) is 14.3 Å². The number of ether oxygens (including phenoxy) is 1. The summed E-state index contributed by atoms with van der Waals surface area (Å²) in [5.41, 5.74) is 1.25. The second kappa shape index (κ2) is 7.34. The third kappa shape index (κ3) is 3.42. The van der Waals surface area contributed by atoms with Crippen LogP contribution >= 0.6 is 0 Å². The molecule has 3 aromatic heterocycles. The summed E-state index contributed by atoms with van der Waals surface area (Å²) in [6, 6.07) is 3.18. The highest BCUT2D eigenvalue weighted by molar-refractivity contribution is 6.11. The Kier molecular flexibility index (Phi) is 4.71. The van der Waals surface area contributed by atoms with Crippen LogP contribution in [0.3, 0.4) is 0 Å². The molecule has 0 saturated carbocycles. The van der Waals surface area contributed by atoms with E-state index in [1.54, 1.807) is 37.2 Å². The average Bonchev–Trinajstić information content (AvgIpc) is 3.23. The van der Waals surface area contributed by atoms with Crippen molar-refractivity contribution in [3.05, 3.63) is 41.6 Å². The van der Waals surface area contributed by atoms with Crippen molar-refractivity contribution in [3.8, 4) is 0 Å². The summed E-state index contributed by atoms with van der Waals surface area (Å²) in [5, 5.41) is 10.8. The quantitative estimate of drug-likeness (QED) is 0.630. The first-order chi connectivity index (χ1) is 14.0. The van der Waals surface area contributed by atoms with Crippen LogP contribution in [0.15, 0.2) is 24.5 Å². The number of pyridine rings is 1. The number of nitrogens with zero attached hydrogens (tertiary/aromatic N) is 6. The molecular weight excluding hydrogens is 378 g/mol. The van der Waals surface area contributed by atoms with Crippen LogP contribution in [0.2, 0.25) is 0 Å². The normalized spacial score (nSPS) is 13.2. The third-order valence-corrected chi connectivity index (χ3v) is 4.58. The molecule has 0 aromatic carbocycles. The first-order valence-electron chi connectivity index (χ1n) is 9.14. The average molecular weight is 397 g/mol. The van der Waals surface area contributed by atoms with Crippen molar-refractivity contribution in [2.75, 3.05) is 25.0 Å². The van der Waals surface area contributed by atoms with Crippen LogP contribution in [0.25, 0.3) is 5.65 Å². The van der Waals surface area contributed by atoms with Crippen LogP contribution in [0.1, 0.15) is 44.8 Å². The van der Waals surface area contributed by atoms with Gasteiger partial charge in [0.15, 0.2) is 5.65 Å². The number of aryl methyl sites for hydroxylation is 1. The van der Waals surface area contributed by atoms with Crippen molar-refractivity contribution >= 4 is 29.1 Å². The lowest BCUT2D eigenvalue weighted by atomic mass is 10.1. The van der Waals surface area contributed by atoms with Crippen LogP contribution in [0, 0.1) is 0 Å². The lowest BCUT2D eigenvalue weighted by Gasteiger charge is -2.30. The predicted octanol–water partition coefficient (Wildman–Crippen LogP) is 0.738. The minimum absolute atomic E-state index is 0.0654. The number of rotatable bonds is 5. The first kappa shape index (κ1) is 18.6. The molecule has 1 N–H and O–H groups in total. The minimum Gasteiger partial charge on any atom is -0.460 e. The van der Waals surface area contributed by atoms with E-state index < -0.39 is 11.9 Å². The van der Waals surface area contributed by atoms with Gasteiger partial charge >= 0.3 is 5.97 Å². The Morgan fingerprint density at radius 1 is 1.28 bits per heavy atom. The van der Waals surface area contributed by atoms with Gasteiger partial charge in [-0.25, -0.2) is 14.3 Å². The number of nitrogens with one attached hydrogen (secondary N) is 1. The van der Waals surface area contributed by atoms with Gasteiger partial charge < -0.3 is 15.0 Å². The zero-order valence-corrected chi connectivity index (χ0v) is 16.0. The van der Waals surface area contributed by atoms with E-state index >= 15 is 0 Å². The predicted molar refractivity (Wildman–Crippen MR) is 101 cm³/mol. The van der Waals surface area contributed by atoms with Gasteiger partial charge in [-0.1, -0.05) is 0 Å². The SMILES string of the molecule is CCOC(=O)c1nc2cc(NC(=O)c3c(C(=O)N4CCC4)cnn3C)ccn2n1. The second-order valence-corrected chi connectivity index (χ2v) is 6.50. The highest BCUT2D eigenvalue weighted by Gasteiger charge is 2.28. The van der Waals surface area contributed by atoms with Crippen LogP contribution in [-0.4, -0.2) is 66.8 Å². The number of carbonyl (C=O) groups is 3. The van der Waals surface area contributed by atoms with E-state index in [-0.39, 0.29) is 29.6 Å². The Bertz CT molecular complexity index is 1110. The largest absolute Gasteiger partial charge is 0.460 e. The van der Waals surface area contributed by atoms with Gasteiger partial charge in [0.1, 0.15) is 5.69 Å². The van der Waals surface area contributed by atoms with Crippen molar-refractivity contribution in [2.24, 2.45) is 7.05 Å². The van der Waals surface area contributed by atoms with Crippen molar-refractivity contribution in [3.63, 3.8) is 0 Å². The molecule has 0 spiro atoms. The Morgan fingerprint density at radius 2 is 2.07 bits per heavy atom. The van der Waals surface area contributed by atoms with Crippen LogP contribution < -0.4 is 5.32 Å². The smallest absolute Gasteiger partial charge is 0.378 e. The standard InChI is InChI=1S/C18H19N7O4/c1-3-29-18(28)15-21-13-9-11(5-8-25(13)22-15)20-16(26)14-12(10-19-23(14)2)17(27)24-6-4-7-24/h5,8-10H,3-4,6-7H2,1-2H3,(H,20,26). The summed E-state index contributed by atoms with van der Waals surface area (Å²) >= 11 is 0. The molecule has 3 aromatic rings. The van der Waals surface area contributed by atoms with E-state index in [2.05, 4.69) is 20.5 Å². The van der Waals surface area contributed by atoms with E-state index in [0.29, 0.717) is 24.4 Å². The zero-order chi connectivity index (χ0) is 20.5. The molecule has 0 unspecified atom stereocenters. The van der Waals surface area contributed by atoms with Crippen LogP contribution in [0.5, 0.6) is 0 Å². The number of anilines is 1. The third-order valence-electron chi connectivity index (χ3n) is 4.58. The van der Waals surface area contributed by atoms with Gasteiger partial charge in [0.25, 0.3) is 17.6 Å². The van der Waals surface area contributed by atoms with Crippen LogP contribution in [0.4, 0.5) is 5.69 Å². The van der Waals surface area contributed by atoms with Gasteiger partial charge in [0, 0.05) is 38.1 Å². The molecule has 11 nitrogen and oxygen atoms in total. The summed E-state index contributed by atoms with van der Waals surface area (Å²) in [7, 11) is 1.61. The lowest BCUT2D eigenvalue weighted by Crippen LogP contribution is -2.42. The number of aromatic nitrogens is 5. The van der Waals surface area contributed by atoms with Gasteiger partial charge in [-0.2, -0.15) is 5.10 Å². The van der Waals surface area contributed by atoms with Gasteiger partial charge in [-0.15, -0.1) is 5.10 Å². The molecule has 0 bridgehead atoms. The number of carbonyl (C=O) groups excluding carboxylic acids is 3. The summed E-state index contributed by atoms with van der Waals surface area (Å²) in [4.78, 5) is 42.9. The highest BCUT2D eigenvalue weighted by Crippen LogP contribution is 2.18. The number of hydrogen-bond acceptors (Lipinski definition) is 7. The molecule has 2 amide bonds. The van der Waals surface area contributed by atoms with E-state index in [1.807, 2.05) is 0 Å². The maximum Gasteiger partial charge on any atom is 0.378 e. The number of fused-ring (bicyclic) bond motifs is 1. The number of esters is 1. The van der Waals surface area contributed by atoms with Gasteiger partial charge in [0.2, 0.25) is 0 Å². The zero-order valence-electron chi connectivity index (χ0n) is 16.0. The first-order valence-corrected chi connectivity index (χ1v) is 9.14. The molecule has 150 valence electrons. The summed E-state index contributed by atoms with van der Waals surface area (Å²) in [6.07, 6.45) is 3.93. The van der Waals surface area contributed by atoms with Gasteiger partial charge in [0.05, 0.1) is 18.4 Å². The number of likely N-dealkylation sites (tertiary alicyclic amines) is 1. The summed E-state index contributed by atoms with van der Waals surface area (Å²) < 4.78 is 7.67. The molecule has 1 aliphatic heterocycles.